The smallest absolute Gasteiger partial charge is 1.00 e. The standard InChI is InChI=1S/C20H32NOSi2.2ClH.Ti/c1-9-12-24(8)16-13-14-10-11-15(22-23(5,6)7)18(17(14)19(16)24)21-20(2,3)4;;;/h10-11,13,21H,9,12H2,1-8H3;2*1H;/q-1;;;+3/p-2. The molecule has 0 fully saturated rings. The SMILES string of the molecule is CCC[Si]1(C)c2[cH-]c3ccc(O[Si](C)(C)C)c(NC(C)(C)C)c3c21.[Cl-].[Cl-].[Ti+3]. The molecule has 0 spiro atoms. The van der Waals surface area contributed by atoms with Gasteiger partial charge in [-0.3, -0.25) is 0 Å². The number of anilines is 1. The number of benzene rings is 1. The predicted octanol–water partition coefficient (Wildman–Crippen LogP) is -1.10. The van der Waals surface area contributed by atoms with Gasteiger partial charge in [-0.05, 0) is 40.4 Å². The Morgan fingerprint density at radius 1 is 1.15 bits per heavy atom. The molecule has 1 radical (unpaired) electrons. The molecular weight excluding hydrogens is 445 g/mol. The third-order valence-corrected chi connectivity index (χ3v) is 10.1. The first-order chi connectivity index (χ1) is 11.0. The molecule has 1 aliphatic rings. The van der Waals surface area contributed by atoms with Crippen molar-refractivity contribution >= 4 is 43.2 Å². The number of rotatable bonds is 5. The van der Waals surface area contributed by atoms with E-state index < -0.39 is 16.4 Å². The molecule has 2 aromatic carbocycles. The van der Waals surface area contributed by atoms with Gasteiger partial charge in [0.2, 0.25) is 8.32 Å². The molecule has 2 aromatic rings. The zero-order valence-electron chi connectivity index (χ0n) is 17.8. The Hall–Kier alpha value is 0.158. The van der Waals surface area contributed by atoms with Gasteiger partial charge >= 0.3 is 21.7 Å². The summed E-state index contributed by atoms with van der Waals surface area (Å²) in [4.78, 5) is 0. The quantitative estimate of drug-likeness (QED) is 0.437. The molecule has 0 saturated carbocycles. The Morgan fingerprint density at radius 3 is 2.22 bits per heavy atom. The van der Waals surface area contributed by atoms with E-state index in [1.54, 1.807) is 10.4 Å². The monoisotopic (exact) mass is 476 g/mol. The normalized spacial score (nSPS) is 17.9. The molecule has 1 aliphatic heterocycles. The largest absolute Gasteiger partial charge is 3.00 e. The summed E-state index contributed by atoms with van der Waals surface area (Å²) in [6.45, 7) is 18.3. The number of nitrogens with one attached hydrogen (secondary N) is 1. The van der Waals surface area contributed by atoms with E-state index in [4.69, 9.17) is 4.43 Å². The first-order valence-corrected chi connectivity index (χ1v) is 15.3. The third kappa shape index (κ3) is 5.40. The van der Waals surface area contributed by atoms with Crippen LogP contribution in [0.25, 0.3) is 10.8 Å². The molecule has 7 heteroatoms. The Kier molecular flexibility index (Phi) is 8.94. The summed E-state index contributed by atoms with van der Waals surface area (Å²) in [5, 5.41) is 9.99. The summed E-state index contributed by atoms with van der Waals surface area (Å²) in [5.74, 6) is 1.05. The van der Waals surface area contributed by atoms with Crippen LogP contribution in [0.4, 0.5) is 5.69 Å². The second-order valence-electron chi connectivity index (χ2n) is 9.51. The van der Waals surface area contributed by atoms with Crippen molar-refractivity contribution in [2.24, 2.45) is 0 Å². The topological polar surface area (TPSA) is 21.3 Å². The van der Waals surface area contributed by atoms with Crippen LogP contribution in [0.3, 0.4) is 0 Å². The molecule has 3 rings (SSSR count). The zero-order chi connectivity index (χ0) is 17.9. The van der Waals surface area contributed by atoms with Crippen LogP contribution in [0, 0.1) is 0 Å². The molecule has 0 bridgehead atoms. The maximum Gasteiger partial charge on any atom is 3.00 e. The van der Waals surface area contributed by atoms with Crippen LogP contribution in [0.2, 0.25) is 32.2 Å². The Bertz CT molecular complexity index is 796. The van der Waals surface area contributed by atoms with Crippen molar-refractivity contribution in [2.75, 3.05) is 5.32 Å². The van der Waals surface area contributed by atoms with Gasteiger partial charge in [0.05, 0.1) is 0 Å². The van der Waals surface area contributed by atoms with Crippen LogP contribution in [0.5, 0.6) is 5.75 Å². The predicted molar refractivity (Wildman–Crippen MR) is 113 cm³/mol. The van der Waals surface area contributed by atoms with E-state index in [9.17, 15) is 0 Å². The van der Waals surface area contributed by atoms with Crippen LogP contribution in [-0.2, 0) is 21.7 Å². The second kappa shape index (κ2) is 8.89. The number of hydrogen-bond acceptors (Lipinski definition) is 2. The van der Waals surface area contributed by atoms with Gasteiger partial charge in [-0.15, -0.1) is 22.9 Å². The molecule has 1 unspecified atom stereocenters. The minimum Gasteiger partial charge on any atom is -1.00 e. The van der Waals surface area contributed by atoms with Crippen LogP contribution in [-0.4, -0.2) is 21.9 Å². The summed E-state index contributed by atoms with van der Waals surface area (Å²) in [6, 6.07) is 8.26. The molecule has 1 N–H and O–H groups in total. The summed E-state index contributed by atoms with van der Waals surface area (Å²) in [7, 11) is -2.95. The van der Waals surface area contributed by atoms with E-state index in [0.29, 0.717) is 0 Å². The first-order valence-electron chi connectivity index (χ1n) is 9.21. The molecule has 0 amide bonds. The molecule has 149 valence electrons. The third-order valence-electron chi connectivity index (χ3n) is 4.77. The Balaban J connectivity index is 0.00000225. The fraction of sp³-hybridized carbons (Fsp3) is 0.550. The molecular formula is C20H32Cl2NOSi2Ti. The van der Waals surface area contributed by atoms with Gasteiger partial charge in [0.15, 0.2) is 0 Å². The zero-order valence-corrected chi connectivity index (χ0v) is 22.9. The average molecular weight is 477 g/mol. The molecule has 27 heavy (non-hydrogen) atoms. The van der Waals surface area contributed by atoms with E-state index in [1.165, 1.54) is 28.9 Å². The van der Waals surface area contributed by atoms with Crippen LogP contribution < -0.4 is 44.9 Å². The van der Waals surface area contributed by atoms with Crippen LogP contribution in [0.15, 0.2) is 18.2 Å². The van der Waals surface area contributed by atoms with Crippen molar-refractivity contribution in [1.82, 2.24) is 0 Å². The Labute approximate surface area is 194 Å². The van der Waals surface area contributed by atoms with E-state index in [1.807, 2.05) is 0 Å². The van der Waals surface area contributed by atoms with Crippen molar-refractivity contribution in [3.05, 3.63) is 18.2 Å². The second-order valence-corrected chi connectivity index (χ2v) is 18.1. The molecule has 0 aliphatic carbocycles. The van der Waals surface area contributed by atoms with Crippen molar-refractivity contribution in [1.29, 1.82) is 0 Å². The molecule has 0 saturated heterocycles. The number of halogens is 2. The average Bonchev–Trinajstić information content (AvgIpc) is 2.79. The first kappa shape index (κ1) is 27.2. The maximum atomic E-state index is 6.45. The van der Waals surface area contributed by atoms with Gasteiger partial charge in [0, 0.05) is 19.3 Å². The van der Waals surface area contributed by atoms with Gasteiger partial charge in [-0.2, -0.15) is 10.4 Å². The minimum atomic E-state index is -1.65. The van der Waals surface area contributed by atoms with Crippen molar-refractivity contribution in [3.63, 3.8) is 0 Å². The van der Waals surface area contributed by atoms with Gasteiger partial charge < -0.3 is 34.6 Å². The number of fused-ring (bicyclic) bond motifs is 3. The summed E-state index contributed by atoms with van der Waals surface area (Å²) in [5.41, 5.74) is 1.25. The van der Waals surface area contributed by atoms with Crippen molar-refractivity contribution < 1.29 is 51.0 Å². The van der Waals surface area contributed by atoms with Crippen LogP contribution >= 0.6 is 0 Å². The van der Waals surface area contributed by atoms with E-state index in [2.05, 4.69) is 77.4 Å². The van der Waals surface area contributed by atoms with E-state index in [-0.39, 0.29) is 52.1 Å². The molecule has 2 nitrogen and oxygen atoms in total. The van der Waals surface area contributed by atoms with E-state index >= 15 is 0 Å². The molecule has 1 heterocycles. The van der Waals surface area contributed by atoms with Crippen molar-refractivity contribution in [3.8, 4) is 5.75 Å². The fourth-order valence-electron chi connectivity index (χ4n) is 3.90. The van der Waals surface area contributed by atoms with Gasteiger partial charge in [0.25, 0.3) is 0 Å². The van der Waals surface area contributed by atoms with Crippen molar-refractivity contribution in [2.45, 2.75) is 71.9 Å². The fourth-order valence-corrected chi connectivity index (χ4v) is 9.26. The minimum absolute atomic E-state index is 0. The van der Waals surface area contributed by atoms with Gasteiger partial charge in [-0.1, -0.05) is 32.0 Å². The van der Waals surface area contributed by atoms with Crippen LogP contribution in [0.1, 0.15) is 34.1 Å². The maximum absolute atomic E-state index is 6.45. The van der Waals surface area contributed by atoms with E-state index in [0.717, 1.165) is 5.75 Å². The summed E-state index contributed by atoms with van der Waals surface area (Å²) < 4.78 is 6.45. The van der Waals surface area contributed by atoms with Gasteiger partial charge in [0.1, 0.15) is 5.75 Å². The molecule has 0 aromatic heterocycles. The summed E-state index contributed by atoms with van der Waals surface area (Å²) in [6.07, 6.45) is 1.28. The Morgan fingerprint density at radius 2 is 1.74 bits per heavy atom. The molecule has 1 atom stereocenters. The number of hydrogen-bond donors (Lipinski definition) is 1. The van der Waals surface area contributed by atoms with Gasteiger partial charge in [-0.25, -0.2) is 0 Å². The summed E-state index contributed by atoms with van der Waals surface area (Å²) >= 11 is 0.